The Balaban J connectivity index is 1.36. The van der Waals surface area contributed by atoms with Crippen LogP contribution in [-0.2, 0) is 20.7 Å². The predicted molar refractivity (Wildman–Crippen MR) is 169 cm³/mol. The first-order valence-electron chi connectivity index (χ1n) is 16.9. The normalized spacial score (nSPS) is 32.2. The first-order valence-corrected chi connectivity index (χ1v) is 16.9. The van der Waals surface area contributed by atoms with Gasteiger partial charge in [0.25, 0.3) is 0 Å². The smallest absolute Gasteiger partial charge is 0.408 e. The number of nitrogens with zero attached hydrogens (tertiary/aromatic N) is 3. The summed E-state index contributed by atoms with van der Waals surface area (Å²) in [6.07, 6.45) is 7.17. The molecule has 0 spiro atoms. The number of carbonyl (C=O) groups excluding carboxylic acids is 3. The van der Waals surface area contributed by atoms with Gasteiger partial charge in [0.2, 0.25) is 11.8 Å². The lowest BCUT2D eigenvalue weighted by Crippen LogP contribution is -2.56. The van der Waals surface area contributed by atoms with Gasteiger partial charge in [0.05, 0.1) is 30.2 Å². The molecule has 8 atom stereocenters. The van der Waals surface area contributed by atoms with Crippen molar-refractivity contribution >= 4 is 29.3 Å². The second-order valence-electron chi connectivity index (χ2n) is 14.5. The number of aldehydes is 1. The Morgan fingerprint density at radius 2 is 1.84 bits per heavy atom. The topological polar surface area (TPSA) is 120 Å². The Morgan fingerprint density at radius 3 is 2.58 bits per heavy atom. The quantitative estimate of drug-likeness (QED) is 0.446. The predicted octanol–water partition coefficient (Wildman–Crippen LogP) is 5.49. The van der Waals surface area contributed by atoms with Crippen LogP contribution in [0.25, 0.3) is 11.0 Å². The number of rotatable bonds is 4. The number of fused-ring (bicyclic) bond motifs is 7. The van der Waals surface area contributed by atoms with Gasteiger partial charge in [0.15, 0.2) is 0 Å². The summed E-state index contributed by atoms with van der Waals surface area (Å²) in [5.41, 5.74) is 1.63. The number of hydrogen-bond acceptors (Lipinski definition) is 8. The number of amides is 2. The molecule has 0 radical (unpaired) electrons. The minimum Gasteiger partial charge on any atom is -0.494 e. The number of aromatic nitrogens is 2. The van der Waals surface area contributed by atoms with E-state index in [9.17, 15) is 14.4 Å². The van der Waals surface area contributed by atoms with Gasteiger partial charge < -0.3 is 29.2 Å². The first kappa shape index (κ1) is 31.5. The van der Waals surface area contributed by atoms with Crippen molar-refractivity contribution < 1.29 is 28.6 Å². The number of carbonyl (C=O) groups is 3. The van der Waals surface area contributed by atoms with E-state index in [1.807, 2.05) is 52.8 Å². The molecule has 1 N–H and O–H groups in total. The van der Waals surface area contributed by atoms with Crippen molar-refractivity contribution in [1.29, 1.82) is 0 Å². The van der Waals surface area contributed by atoms with E-state index >= 15 is 0 Å². The summed E-state index contributed by atoms with van der Waals surface area (Å²) in [7, 11) is 0. The van der Waals surface area contributed by atoms with Crippen molar-refractivity contribution in [3.8, 4) is 11.6 Å². The number of ether oxygens (including phenoxy) is 3. The van der Waals surface area contributed by atoms with Gasteiger partial charge >= 0.3 is 6.09 Å². The highest BCUT2D eigenvalue weighted by Crippen LogP contribution is 2.57. The van der Waals surface area contributed by atoms with Gasteiger partial charge in [-0.2, -0.15) is 0 Å². The fourth-order valence-electron chi connectivity index (χ4n) is 7.96. The van der Waals surface area contributed by atoms with Crippen molar-refractivity contribution in [2.24, 2.45) is 29.1 Å². The van der Waals surface area contributed by atoms with Crippen LogP contribution in [0.15, 0.2) is 18.2 Å². The van der Waals surface area contributed by atoms with E-state index in [0.29, 0.717) is 54.3 Å². The minimum atomic E-state index is -0.870. The Bertz CT molecular complexity index is 1420. The number of hydrogen-bond donors (Lipinski definition) is 1. The Kier molecular flexibility index (Phi) is 8.94. The van der Waals surface area contributed by atoms with Gasteiger partial charge in [-0.05, 0) is 80.8 Å². The maximum absolute atomic E-state index is 14.2. The van der Waals surface area contributed by atoms with Crippen LogP contribution in [-0.4, -0.2) is 70.6 Å². The molecule has 2 saturated carbocycles. The molecule has 2 amide bonds. The van der Waals surface area contributed by atoms with Crippen molar-refractivity contribution in [2.75, 3.05) is 13.2 Å². The standard InChI is InChI=1S/C35H48N4O6/c1-6-22-28(19-40)39-18-30(22)44-32-26(36-25-14-13-21(43-7-2)17-27(25)37-32)12-10-8-9-11-23-24-15-20(24)16-29(23)45-34(42)38-31(33(39)41)35(3,4)5/h13-14,17,19-20,22-24,28-31H,6-12,15-16,18H2,1-5H3,(H,38,42)/t20?,22-,23+,24?,28+,29+,30-,31+/m0/s1. The van der Waals surface area contributed by atoms with E-state index in [1.54, 1.807) is 4.90 Å². The summed E-state index contributed by atoms with van der Waals surface area (Å²) in [5.74, 6) is 2.23. The van der Waals surface area contributed by atoms with E-state index in [-0.39, 0.29) is 24.5 Å². The van der Waals surface area contributed by atoms with Crippen molar-refractivity contribution in [3.63, 3.8) is 0 Å². The van der Waals surface area contributed by atoms with E-state index in [4.69, 9.17) is 24.2 Å². The number of alkyl carbamates (subject to hydrolysis) is 1. The molecule has 2 bridgehead atoms. The third-order valence-electron chi connectivity index (χ3n) is 10.4. The minimum absolute atomic E-state index is 0.125. The van der Waals surface area contributed by atoms with Crippen LogP contribution in [0, 0.1) is 29.1 Å². The molecule has 2 unspecified atom stereocenters. The molecule has 1 aromatic heterocycles. The average Bonchev–Trinajstić information content (AvgIpc) is 3.54. The molecule has 10 heteroatoms. The summed E-state index contributed by atoms with van der Waals surface area (Å²) in [4.78, 5) is 51.6. The average molecular weight is 621 g/mol. The molecule has 3 heterocycles. The zero-order valence-corrected chi connectivity index (χ0v) is 27.3. The highest BCUT2D eigenvalue weighted by atomic mass is 16.6. The molecule has 3 fully saturated rings. The SMILES string of the molecule is CCOc1ccc2nc3c(nc2c1)O[C@H]1CN(C(=O)[C@H](C(C)(C)C)NC(=O)O[C@@H]2CC4CC4[C@H]2CCCCC3)[C@H](C=O)[C@@H]1CC. The molecule has 2 aliphatic carbocycles. The fraction of sp³-hybridized carbons (Fsp3) is 0.686. The van der Waals surface area contributed by atoms with Crippen LogP contribution >= 0.6 is 0 Å². The lowest BCUT2D eigenvalue weighted by molar-refractivity contribution is -0.139. The summed E-state index contributed by atoms with van der Waals surface area (Å²) >= 11 is 0. The van der Waals surface area contributed by atoms with Gasteiger partial charge in [0, 0.05) is 12.0 Å². The largest absolute Gasteiger partial charge is 0.494 e. The number of aryl methyl sites for hydroxylation is 1. The van der Waals surface area contributed by atoms with Crippen LogP contribution in [0.5, 0.6) is 11.6 Å². The molecule has 4 aliphatic rings. The Morgan fingerprint density at radius 1 is 1.02 bits per heavy atom. The zero-order valence-electron chi connectivity index (χ0n) is 27.3. The summed E-state index contributed by atoms with van der Waals surface area (Å²) in [6, 6.07) is 4.15. The number of benzene rings is 1. The van der Waals surface area contributed by atoms with Gasteiger partial charge in [-0.25, -0.2) is 14.8 Å². The van der Waals surface area contributed by atoms with Crippen LogP contribution in [0.3, 0.4) is 0 Å². The van der Waals surface area contributed by atoms with E-state index < -0.39 is 29.7 Å². The maximum atomic E-state index is 14.2. The Labute approximate surface area is 266 Å². The van der Waals surface area contributed by atoms with Gasteiger partial charge in [-0.3, -0.25) is 4.79 Å². The molecule has 6 rings (SSSR count). The molecule has 244 valence electrons. The van der Waals surface area contributed by atoms with Crippen LogP contribution < -0.4 is 14.8 Å². The number of nitrogens with one attached hydrogen (secondary N) is 1. The molecule has 1 saturated heterocycles. The van der Waals surface area contributed by atoms with E-state index in [0.717, 1.165) is 49.6 Å². The van der Waals surface area contributed by atoms with Crippen LogP contribution in [0.4, 0.5) is 4.79 Å². The highest BCUT2D eigenvalue weighted by molar-refractivity contribution is 5.89. The van der Waals surface area contributed by atoms with E-state index in [1.165, 1.54) is 6.42 Å². The lowest BCUT2D eigenvalue weighted by atomic mass is 9.85. The fourth-order valence-corrected chi connectivity index (χ4v) is 7.96. The molecule has 45 heavy (non-hydrogen) atoms. The second-order valence-corrected chi connectivity index (χ2v) is 14.5. The molecule has 2 aliphatic heterocycles. The maximum Gasteiger partial charge on any atom is 0.408 e. The molecule has 2 aromatic rings. The van der Waals surface area contributed by atoms with Gasteiger partial charge in [0.1, 0.15) is 36.0 Å². The molecule has 1 aromatic carbocycles. The van der Waals surface area contributed by atoms with E-state index in [2.05, 4.69) is 5.32 Å². The van der Waals surface area contributed by atoms with Crippen molar-refractivity contribution in [3.05, 3.63) is 23.9 Å². The van der Waals surface area contributed by atoms with Gasteiger partial charge in [-0.1, -0.05) is 40.5 Å². The molecule has 10 nitrogen and oxygen atoms in total. The first-order chi connectivity index (χ1) is 21.6. The summed E-state index contributed by atoms with van der Waals surface area (Å²) in [5, 5.41) is 2.92. The highest BCUT2D eigenvalue weighted by Gasteiger charge is 2.55. The Hall–Kier alpha value is -3.43. The summed E-state index contributed by atoms with van der Waals surface area (Å²) < 4.78 is 18.4. The van der Waals surface area contributed by atoms with Crippen LogP contribution in [0.2, 0.25) is 0 Å². The zero-order chi connectivity index (χ0) is 31.9. The third-order valence-corrected chi connectivity index (χ3v) is 10.4. The summed E-state index contributed by atoms with van der Waals surface area (Å²) in [6.45, 7) is 10.4. The van der Waals surface area contributed by atoms with Crippen molar-refractivity contribution in [2.45, 2.75) is 110 Å². The second kappa shape index (κ2) is 12.8. The van der Waals surface area contributed by atoms with Crippen molar-refractivity contribution in [1.82, 2.24) is 20.2 Å². The molecular weight excluding hydrogens is 572 g/mol. The van der Waals surface area contributed by atoms with Gasteiger partial charge in [-0.15, -0.1) is 0 Å². The lowest BCUT2D eigenvalue weighted by Gasteiger charge is -2.35. The van der Waals surface area contributed by atoms with Crippen LogP contribution in [0.1, 0.15) is 85.3 Å². The monoisotopic (exact) mass is 620 g/mol. The third kappa shape index (κ3) is 6.47. The molecular formula is C35H48N4O6.